The number of carbonyl (C=O) groups excluding carboxylic acids is 1. The summed E-state index contributed by atoms with van der Waals surface area (Å²) in [7, 11) is 0. The van der Waals surface area contributed by atoms with Crippen molar-refractivity contribution in [1.82, 2.24) is 5.43 Å². The van der Waals surface area contributed by atoms with Gasteiger partial charge in [-0.25, -0.2) is 4.79 Å². The minimum atomic E-state index is -4.40. The number of aliphatic imine (C=N–C) groups is 1. The second kappa shape index (κ2) is 4.03. The molecule has 0 amide bonds. The zero-order chi connectivity index (χ0) is 12.5. The molecule has 2 rings (SSSR count). The minimum Gasteiger partial charge on any atom is -0.261 e. The van der Waals surface area contributed by atoms with Crippen LogP contribution in [0.3, 0.4) is 0 Å². The third kappa shape index (κ3) is 2.51. The molecule has 1 unspecified atom stereocenters. The van der Waals surface area contributed by atoms with Gasteiger partial charge in [0.1, 0.15) is 5.92 Å². The van der Waals surface area contributed by atoms with Crippen LogP contribution in [0.4, 0.5) is 18.9 Å². The van der Waals surface area contributed by atoms with E-state index in [0.29, 0.717) is 0 Å². The summed E-state index contributed by atoms with van der Waals surface area (Å²) in [6.07, 6.45) is -3.09. The van der Waals surface area contributed by atoms with Gasteiger partial charge in [0.2, 0.25) is 6.08 Å². The molecule has 0 fully saturated rings. The number of hydrogen-bond acceptors (Lipinski definition) is 4. The molecule has 0 saturated carbocycles. The molecule has 4 nitrogen and oxygen atoms in total. The second-order valence-electron chi connectivity index (χ2n) is 3.38. The maximum atomic E-state index is 12.7. The van der Waals surface area contributed by atoms with E-state index >= 15 is 0 Å². The standard InChI is InChI=1S/C10H6F3N3O/c11-10(12,13)8(9-15-16-9)6-1-3-7(4-2-6)14-5-17/h1-4,8H,(H,15,16). The van der Waals surface area contributed by atoms with Gasteiger partial charge in [-0.2, -0.15) is 23.3 Å². The Morgan fingerprint density at radius 2 is 1.88 bits per heavy atom. The molecular weight excluding hydrogens is 235 g/mol. The highest BCUT2D eigenvalue weighted by Crippen LogP contribution is 2.37. The highest BCUT2D eigenvalue weighted by atomic mass is 19.4. The fraction of sp³-hybridized carbons (Fsp3) is 0.200. The van der Waals surface area contributed by atoms with Crippen molar-refractivity contribution < 1.29 is 18.0 Å². The number of benzene rings is 1. The monoisotopic (exact) mass is 241 g/mol. The zero-order valence-electron chi connectivity index (χ0n) is 8.32. The number of hydrazone groups is 1. The van der Waals surface area contributed by atoms with Gasteiger partial charge >= 0.3 is 6.18 Å². The molecule has 0 saturated heterocycles. The zero-order valence-corrected chi connectivity index (χ0v) is 8.32. The Labute approximate surface area is 93.9 Å². The number of hydrogen-bond donors (Lipinski definition) is 1. The van der Waals surface area contributed by atoms with E-state index in [4.69, 9.17) is 0 Å². The fourth-order valence-electron chi connectivity index (χ4n) is 1.46. The first-order valence-corrected chi connectivity index (χ1v) is 4.60. The quantitative estimate of drug-likeness (QED) is 0.651. The van der Waals surface area contributed by atoms with Crippen LogP contribution < -0.4 is 5.43 Å². The first-order chi connectivity index (χ1) is 8.02. The molecule has 1 aliphatic rings. The lowest BCUT2D eigenvalue weighted by molar-refractivity contribution is -0.134. The molecule has 0 radical (unpaired) electrons. The van der Waals surface area contributed by atoms with Gasteiger partial charge in [-0.1, -0.05) is 12.1 Å². The van der Waals surface area contributed by atoms with Gasteiger partial charge in [0, 0.05) is 0 Å². The van der Waals surface area contributed by atoms with E-state index in [2.05, 4.69) is 15.5 Å². The Kier molecular flexibility index (Phi) is 2.69. The minimum absolute atomic E-state index is 0.0473. The smallest absolute Gasteiger partial charge is 0.261 e. The van der Waals surface area contributed by atoms with Gasteiger partial charge in [-0.05, 0) is 17.7 Å². The molecule has 1 aromatic carbocycles. The normalized spacial score (nSPS) is 15.4. The maximum Gasteiger partial charge on any atom is 0.402 e. The first kappa shape index (κ1) is 11.3. The van der Waals surface area contributed by atoms with Gasteiger partial charge in [-0.15, -0.1) is 0 Å². The average molecular weight is 241 g/mol. The third-order valence-electron chi connectivity index (χ3n) is 2.24. The van der Waals surface area contributed by atoms with E-state index in [1.807, 2.05) is 0 Å². The number of halogens is 3. The molecule has 17 heavy (non-hydrogen) atoms. The summed E-state index contributed by atoms with van der Waals surface area (Å²) in [4.78, 5) is 13.3. The van der Waals surface area contributed by atoms with Crippen LogP contribution in [0.5, 0.6) is 0 Å². The van der Waals surface area contributed by atoms with Crippen molar-refractivity contribution in [3.05, 3.63) is 29.8 Å². The summed E-state index contributed by atoms with van der Waals surface area (Å²) >= 11 is 0. The van der Waals surface area contributed by atoms with Crippen LogP contribution in [0.1, 0.15) is 11.5 Å². The lowest BCUT2D eigenvalue weighted by Crippen LogP contribution is -2.26. The molecule has 1 N–H and O–H groups in total. The molecule has 1 aliphatic heterocycles. The van der Waals surface area contributed by atoms with Gasteiger partial charge in [0.15, 0.2) is 5.84 Å². The summed E-state index contributed by atoms with van der Waals surface area (Å²) in [6.45, 7) is 0. The average Bonchev–Trinajstić information content (AvgIpc) is 3.04. The van der Waals surface area contributed by atoms with Crippen molar-refractivity contribution in [2.75, 3.05) is 0 Å². The lowest BCUT2D eigenvalue weighted by Gasteiger charge is -2.15. The van der Waals surface area contributed by atoms with Crippen molar-refractivity contribution in [2.24, 2.45) is 10.1 Å². The fourth-order valence-corrected chi connectivity index (χ4v) is 1.46. The summed E-state index contributed by atoms with van der Waals surface area (Å²) < 4.78 is 38.2. The number of amidine groups is 1. The molecule has 7 heteroatoms. The first-order valence-electron chi connectivity index (χ1n) is 4.60. The lowest BCUT2D eigenvalue weighted by atomic mass is 9.98. The predicted molar refractivity (Wildman–Crippen MR) is 53.6 cm³/mol. The highest BCUT2D eigenvalue weighted by molar-refractivity contribution is 5.97. The summed E-state index contributed by atoms with van der Waals surface area (Å²) in [5.74, 6) is -1.86. The number of rotatable bonds is 3. The van der Waals surface area contributed by atoms with E-state index in [9.17, 15) is 18.0 Å². The van der Waals surface area contributed by atoms with E-state index in [-0.39, 0.29) is 17.1 Å². The number of alkyl halides is 3. The van der Waals surface area contributed by atoms with E-state index < -0.39 is 12.1 Å². The molecule has 1 aromatic rings. The van der Waals surface area contributed by atoms with Crippen LogP contribution in [0.25, 0.3) is 0 Å². The third-order valence-corrected chi connectivity index (χ3v) is 2.24. The number of nitrogens with zero attached hydrogens (tertiary/aromatic N) is 2. The van der Waals surface area contributed by atoms with Gasteiger partial charge in [0.05, 0.1) is 5.69 Å². The molecule has 1 atom stereocenters. The van der Waals surface area contributed by atoms with Gasteiger partial charge in [-0.3, -0.25) is 5.43 Å². The molecule has 1 heterocycles. The molecular formula is C10H6F3N3O. The molecule has 0 aromatic heterocycles. The Bertz CT molecular complexity index is 501. The van der Waals surface area contributed by atoms with E-state index in [1.165, 1.54) is 30.3 Å². The van der Waals surface area contributed by atoms with Crippen molar-refractivity contribution >= 4 is 17.6 Å². The Balaban J connectivity index is 2.31. The summed E-state index contributed by atoms with van der Waals surface area (Å²) in [6, 6.07) is 5.16. The van der Waals surface area contributed by atoms with Crippen LogP contribution in [-0.4, -0.2) is 18.1 Å². The predicted octanol–water partition coefficient (Wildman–Crippen LogP) is 2.22. The Hall–Kier alpha value is -2.14. The van der Waals surface area contributed by atoms with Crippen molar-refractivity contribution in [3.63, 3.8) is 0 Å². The van der Waals surface area contributed by atoms with Crippen molar-refractivity contribution in [2.45, 2.75) is 12.1 Å². The molecule has 0 bridgehead atoms. The highest BCUT2D eigenvalue weighted by Gasteiger charge is 2.47. The maximum absolute atomic E-state index is 12.7. The number of isocyanates is 1. The topological polar surface area (TPSA) is 63.7 Å². The summed E-state index contributed by atoms with van der Waals surface area (Å²) in [5.41, 5.74) is 2.52. The van der Waals surface area contributed by atoms with Crippen LogP contribution in [0.2, 0.25) is 0 Å². The molecule has 0 aliphatic carbocycles. The van der Waals surface area contributed by atoms with Gasteiger partial charge < -0.3 is 0 Å². The van der Waals surface area contributed by atoms with Crippen LogP contribution in [-0.2, 0) is 4.79 Å². The molecule has 0 spiro atoms. The largest absolute Gasteiger partial charge is 0.402 e. The van der Waals surface area contributed by atoms with Crippen molar-refractivity contribution in [1.29, 1.82) is 0 Å². The molecule has 88 valence electrons. The second-order valence-corrected chi connectivity index (χ2v) is 3.38. The number of nitrogens with one attached hydrogen (secondary N) is 1. The SMILES string of the molecule is O=C=Nc1ccc(C(C2=NN2)C(F)(F)F)cc1. The van der Waals surface area contributed by atoms with E-state index in [0.717, 1.165) is 0 Å². The van der Waals surface area contributed by atoms with Crippen LogP contribution in [0, 0.1) is 0 Å². The van der Waals surface area contributed by atoms with Crippen LogP contribution >= 0.6 is 0 Å². The Morgan fingerprint density at radius 3 is 2.29 bits per heavy atom. The van der Waals surface area contributed by atoms with Crippen molar-refractivity contribution in [3.8, 4) is 0 Å². The Morgan fingerprint density at radius 1 is 1.29 bits per heavy atom. The summed E-state index contributed by atoms with van der Waals surface area (Å²) in [5, 5.41) is 3.37. The van der Waals surface area contributed by atoms with Gasteiger partial charge in [0.25, 0.3) is 0 Å². The van der Waals surface area contributed by atoms with Crippen LogP contribution in [0.15, 0.2) is 34.4 Å². The van der Waals surface area contributed by atoms with E-state index in [1.54, 1.807) is 0 Å².